The fourth-order valence-electron chi connectivity index (χ4n) is 1.47. The van der Waals surface area contributed by atoms with E-state index >= 15 is 0 Å². The van der Waals surface area contributed by atoms with Crippen molar-refractivity contribution in [3.8, 4) is 0 Å². The van der Waals surface area contributed by atoms with Crippen molar-refractivity contribution in [3.63, 3.8) is 0 Å². The van der Waals surface area contributed by atoms with Crippen molar-refractivity contribution in [3.05, 3.63) is 51.9 Å². The molecule has 1 aromatic carbocycles. The van der Waals surface area contributed by atoms with E-state index in [1.54, 1.807) is 18.2 Å². The Morgan fingerprint density at radius 2 is 1.95 bits per heavy atom. The number of carbonyl (C=O) groups is 1. The molecule has 1 heterocycles. The summed E-state index contributed by atoms with van der Waals surface area (Å²) in [7, 11) is -1.51. The van der Waals surface area contributed by atoms with E-state index in [0.29, 0.717) is 20.7 Å². The minimum atomic E-state index is -1.51. The molecule has 0 fully saturated rings. The first kappa shape index (κ1) is 14.1. The highest BCUT2D eigenvalue weighted by molar-refractivity contribution is 7.84. The maximum Gasteiger partial charge on any atom is 0.338 e. The highest BCUT2D eigenvalue weighted by Crippen LogP contribution is 2.29. The van der Waals surface area contributed by atoms with Gasteiger partial charge in [0.1, 0.15) is 12.0 Å². The molecular weight excluding hydrogens is 311 g/mol. The summed E-state index contributed by atoms with van der Waals surface area (Å²) in [4.78, 5) is 11.0. The lowest BCUT2D eigenvalue weighted by Crippen LogP contribution is -1.98. The molecule has 1 N–H and O–H groups in total. The predicted octanol–water partition coefficient (Wildman–Crippen LogP) is 3.59. The van der Waals surface area contributed by atoms with Crippen LogP contribution in [0.1, 0.15) is 16.1 Å². The van der Waals surface area contributed by atoms with E-state index in [9.17, 15) is 9.00 Å². The summed E-state index contributed by atoms with van der Waals surface area (Å²) in [5.41, 5.74) is 0.0113. The first-order valence-corrected chi connectivity index (χ1v) is 7.19. The van der Waals surface area contributed by atoms with Gasteiger partial charge in [0, 0.05) is 0 Å². The number of carboxylic acids is 1. The van der Waals surface area contributed by atoms with Crippen molar-refractivity contribution in [2.75, 3.05) is 0 Å². The predicted molar refractivity (Wildman–Crippen MR) is 72.2 cm³/mol. The van der Waals surface area contributed by atoms with Crippen molar-refractivity contribution in [1.82, 2.24) is 0 Å². The van der Waals surface area contributed by atoms with Gasteiger partial charge >= 0.3 is 5.97 Å². The topological polar surface area (TPSA) is 67.5 Å². The summed E-state index contributed by atoms with van der Waals surface area (Å²) in [6, 6.07) is 6.16. The van der Waals surface area contributed by atoms with E-state index in [1.807, 2.05) is 0 Å². The summed E-state index contributed by atoms with van der Waals surface area (Å²) in [6.45, 7) is 0. The number of furan rings is 1. The SMILES string of the molecule is O=C(O)c1coc(CS(=O)c2c(Cl)cccc2Cl)c1. The molecule has 7 heteroatoms. The van der Waals surface area contributed by atoms with Gasteiger partial charge in [0.2, 0.25) is 0 Å². The third-order valence-electron chi connectivity index (χ3n) is 2.32. The Kier molecular flexibility index (Phi) is 4.29. The molecule has 0 radical (unpaired) electrons. The molecule has 0 saturated heterocycles. The molecule has 1 atom stereocenters. The third-order valence-corrected chi connectivity index (χ3v) is 4.62. The maximum atomic E-state index is 12.2. The number of carboxylic acid groups (broad SMARTS) is 1. The zero-order valence-electron chi connectivity index (χ0n) is 9.43. The molecule has 4 nitrogen and oxygen atoms in total. The second kappa shape index (κ2) is 5.77. The molecule has 0 amide bonds. The van der Waals surface area contributed by atoms with E-state index in [0.717, 1.165) is 6.26 Å². The summed E-state index contributed by atoms with van der Waals surface area (Å²) in [6.07, 6.45) is 1.10. The molecular formula is C12H8Cl2O4S. The first-order chi connectivity index (χ1) is 8.99. The van der Waals surface area contributed by atoms with Gasteiger partial charge in [-0.1, -0.05) is 29.3 Å². The van der Waals surface area contributed by atoms with E-state index in [-0.39, 0.29) is 11.3 Å². The summed E-state index contributed by atoms with van der Waals surface area (Å²) >= 11 is 11.9. The van der Waals surface area contributed by atoms with Crippen LogP contribution in [0.2, 0.25) is 10.0 Å². The fraction of sp³-hybridized carbons (Fsp3) is 0.0833. The molecule has 2 aromatic rings. The second-order valence-electron chi connectivity index (χ2n) is 3.65. The van der Waals surface area contributed by atoms with E-state index in [2.05, 4.69) is 0 Å². The Bertz CT molecular complexity index is 631. The number of hydrogen-bond donors (Lipinski definition) is 1. The molecule has 1 unspecified atom stereocenters. The van der Waals surface area contributed by atoms with Crippen LogP contribution in [0.25, 0.3) is 0 Å². The van der Waals surface area contributed by atoms with Crippen LogP contribution in [-0.4, -0.2) is 15.3 Å². The number of hydrogen-bond acceptors (Lipinski definition) is 3. The van der Waals surface area contributed by atoms with Crippen molar-refractivity contribution in [2.45, 2.75) is 10.6 Å². The molecule has 0 aliphatic rings. The van der Waals surface area contributed by atoms with Gasteiger partial charge in [-0.15, -0.1) is 0 Å². The molecule has 0 aliphatic heterocycles. The molecule has 2 rings (SSSR count). The smallest absolute Gasteiger partial charge is 0.338 e. The van der Waals surface area contributed by atoms with Crippen molar-refractivity contribution < 1.29 is 18.5 Å². The average Bonchev–Trinajstić information content (AvgIpc) is 2.77. The van der Waals surface area contributed by atoms with Gasteiger partial charge in [0.15, 0.2) is 0 Å². The van der Waals surface area contributed by atoms with Crippen LogP contribution < -0.4 is 0 Å². The van der Waals surface area contributed by atoms with Gasteiger partial charge in [-0.25, -0.2) is 4.79 Å². The van der Waals surface area contributed by atoms with Crippen molar-refractivity contribution >= 4 is 40.0 Å². The van der Waals surface area contributed by atoms with Gasteiger partial charge in [-0.3, -0.25) is 4.21 Å². The molecule has 0 spiro atoms. The fourth-order valence-corrected chi connectivity index (χ4v) is 3.51. The molecule has 100 valence electrons. The maximum absolute atomic E-state index is 12.2. The normalized spacial score (nSPS) is 12.3. The monoisotopic (exact) mass is 318 g/mol. The zero-order valence-corrected chi connectivity index (χ0v) is 11.8. The standard InChI is InChI=1S/C12H8Cl2O4S/c13-9-2-1-3-10(14)11(9)19(17)6-8-4-7(5-18-8)12(15)16/h1-5H,6H2,(H,15,16). The largest absolute Gasteiger partial charge is 0.478 e. The average molecular weight is 319 g/mol. The minimum Gasteiger partial charge on any atom is -0.478 e. The Morgan fingerprint density at radius 1 is 1.32 bits per heavy atom. The number of rotatable bonds is 4. The van der Waals surface area contributed by atoms with Crippen molar-refractivity contribution in [2.24, 2.45) is 0 Å². The third kappa shape index (κ3) is 3.18. The lowest BCUT2D eigenvalue weighted by Gasteiger charge is -2.05. The van der Waals surface area contributed by atoms with E-state index in [4.69, 9.17) is 32.7 Å². The van der Waals surface area contributed by atoms with Crippen LogP contribution in [0.15, 0.2) is 39.8 Å². The van der Waals surface area contributed by atoms with Crippen LogP contribution in [0.3, 0.4) is 0 Å². The van der Waals surface area contributed by atoms with Crippen LogP contribution in [0.4, 0.5) is 0 Å². The van der Waals surface area contributed by atoms with Crippen LogP contribution >= 0.6 is 23.2 Å². The second-order valence-corrected chi connectivity index (χ2v) is 5.85. The van der Waals surface area contributed by atoms with Crippen molar-refractivity contribution in [1.29, 1.82) is 0 Å². The number of benzene rings is 1. The Labute approximate surface area is 121 Å². The first-order valence-electron chi connectivity index (χ1n) is 5.12. The molecule has 0 saturated carbocycles. The Balaban J connectivity index is 2.23. The molecule has 19 heavy (non-hydrogen) atoms. The van der Waals surface area contributed by atoms with Crippen LogP contribution in [-0.2, 0) is 16.6 Å². The van der Waals surface area contributed by atoms with Crippen LogP contribution in [0.5, 0.6) is 0 Å². The van der Waals surface area contributed by atoms with Gasteiger partial charge in [0.05, 0.1) is 37.1 Å². The molecule has 0 bridgehead atoms. The Hall–Kier alpha value is -1.30. The molecule has 0 aliphatic carbocycles. The van der Waals surface area contributed by atoms with Gasteiger partial charge in [-0.2, -0.15) is 0 Å². The lowest BCUT2D eigenvalue weighted by molar-refractivity contribution is 0.0696. The highest BCUT2D eigenvalue weighted by atomic mass is 35.5. The summed E-state index contributed by atoms with van der Waals surface area (Å²) < 4.78 is 17.2. The van der Waals surface area contributed by atoms with Gasteiger partial charge in [-0.05, 0) is 18.2 Å². The number of aromatic carboxylic acids is 1. The van der Waals surface area contributed by atoms with E-state index < -0.39 is 16.8 Å². The van der Waals surface area contributed by atoms with Crippen LogP contribution in [0, 0.1) is 0 Å². The summed E-state index contributed by atoms with van der Waals surface area (Å²) in [5.74, 6) is -0.792. The minimum absolute atomic E-state index is 0.0106. The lowest BCUT2D eigenvalue weighted by atomic mass is 10.3. The quantitative estimate of drug-likeness (QED) is 0.935. The Morgan fingerprint density at radius 3 is 2.47 bits per heavy atom. The number of halogens is 2. The summed E-state index contributed by atoms with van der Waals surface area (Å²) in [5, 5.41) is 9.36. The molecule has 1 aromatic heterocycles. The van der Waals surface area contributed by atoms with E-state index in [1.165, 1.54) is 6.07 Å². The van der Waals surface area contributed by atoms with Gasteiger partial charge in [0.25, 0.3) is 0 Å². The zero-order chi connectivity index (χ0) is 14.0. The van der Waals surface area contributed by atoms with Gasteiger partial charge < -0.3 is 9.52 Å². The highest BCUT2D eigenvalue weighted by Gasteiger charge is 2.16.